The first-order chi connectivity index (χ1) is 39.4. The summed E-state index contributed by atoms with van der Waals surface area (Å²) in [6.07, 6.45) is -30.1. The van der Waals surface area contributed by atoms with Crippen LogP contribution in [0.3, 0.4) is 0 Å². The molecule has 0 radical (unpaired) electrons. The van der Waals surface area contributed by atoms with Crippen molar-refractivity contribution in [2.24, 2.45) is 39.4 Å². The fraction of sp³-hybridized carbons (Fsp3) is 0.944. The molecule has 0 aromatic carbocycles. The van der Waals surface area contributed by atoms with Crippen molar-refractivity contribution >= 4 is 26.8 Å². The molecule has 9 rings (SSSR count). The Balaban J connectivity index is 0.924. The molecule has 0 aromatic rings. The highest BCUT2D eigenvalue weighted by molar-refractivity contribution is 7.81. The standard InChI is InChI=1S/C54H88O29S2/c1-23(2)11-10-15-52(8)53(65)18-17-51(7)25-12-13-30-49(4,5)32(14-16-50(30,6)26(25)19-31(56)54(51,53)48(64)82-52)78-47-43(35(59)29(21-73-47)83-85(69,70)71)81-44-37(61)36(60)40(24(3)75-44)79-46-39(63)42(34(58)28(77-46)22-74-84(66,67)68)80-45-38(62)41(72-9)33(57)27(20-55)76-45/h12,23-24,26-47,55-63,65H,10-11,13-22H2,1-9H3,(H,66,67,68)(H,69,70,71). The number of methoxy groups -OCH3 is 1. The van der Waals surface area contributed by atoms with Gasteiger partial charge in [0.2, 0.25) is 0 Å². The minimum absolute atomic E-state index is 0.153. The zero-order chi connectivity index (χ0) is 62.7. The van der Waals surface area contributed by atoms with Crippen LogP contribution in [-0.2, 0) is 81.3 Å². The van der Waals surface area contributed by atoms with Crippen molar-refractivity contribution in [3.8, 4) is 0 Å². The molecule has 0 aromatic heterocycles. The van der Waals surface area contributed by atoms with Gasteiger partial charge in [-0.1, -0.05) is 59.6 Å². The van der Waals surface area contributed by atoms with Gasteiger partial charge in [-0.2, -0.15) is 16.8 Å². The van der Waals surface area contributed by atoms with Crippen LogP contribution in [0.4, 0.5) is 0 Å². The number of aliphatic hydroxyl groups is 10. The molecule has 12 N–H and O–H groups in total. The summed E-state index contributed by atoms with van der Waals surface area (Å²) in [6.45, 7) is 12.9. The first kappa shape index (κ1) is 67.6. The Morgan fingerprint density at radius 1 is 0.718 bits per heavy atom. The van der Waals surface area contributed by atoms with Crippen LogP contribution in [0.25, 0.3) is 0 Å². The highest BCUT2D eigenvalue weighted by Crippen LogP contribution is 2.77. The predicted molar refractivity (Wildman–Crippen MR) is 284 cm³/mol. The van der Waals surface area contributed by atoms with Crippen molar-refractivity contribution < 1.29 is 138 Å². The van der Waals surface area contributed by atoms with Crippen LogP contribution in [-0.4, -0.2) is 250 Å². The van der Waals surface area contributed by atoms with Crippen molar-refractivity contribution in [2.45, 2.75) is 253 Å². The van der Waals surface area contributed by atoms with Crippen LogP contribution < -0.4 is 0 Å². The van der Waals surface area contributed by atoms with Gasteiger partial charge in [0.1, 0.15) is 102 Å². The van der Waals surface area contributed by atoms with Crippen LogP contribution >= 0.6 is 0 Å². The van der Waals surface area contributed by atoms with E-state index in [-0.39, 0.29) is 24.7 Å². The zero-order valence-electron chi connectivity index (χ0n) is 49.0. The Kier molecular flexibility index (Phi) is 19.4. The molecule has 85 heavy (non-hydrogen) atoms. The Hall–Kier alpha value is -1.81. The number of carbonyl (C=O) groups excluding carboxylic acids is 1. The maximum absolute atomic E-state index is 14.5. The lowest BCUT2D eigenvalue weighted by Gasteiger charge is -2.65. The Morgan fingerprint density at radius 3 is 1.95 bits per heavy atom. The molecule has 4 aliphatic carbocycles. The fourth-order valence-corrected chi connectivity index (χ4v) is 17.3. The fourth-order valence-electron chi connectivity index (χ4n) is 16.5. The number of rotatable bonds is 19. The molecule has 1 spiro atoms. The van der Waals surface area contributed by atoms with Gasteiger partial charge in [0.15, 0.2) is 25.2 Å². The summed E-state index contributed by atoms with van der Waals surface area (Å²) in [5.41, 5.74) is -5.59. The first-order valence-electron chi connectivity index (χ1n) is 29.2. The van der Waals surface area contributed by atoms with Gasteiger partial charge in [-0.25, -0.2) is 8.37 Å². The van der Waals surface area contributed by atoms with Gasteiger partial charge in [0.25, 0.3) is 0 Å². The molecule has 9 aliphatic rings. The summed E-state index contributed by atoms with van der Waals surface area (Å²) in [5, 5.41) is 115. The van der Waals surface area contributed by atoms with Gasteiger partial charge in [-0.15, -0.1) is 0 Å². The van der Waals surface area contributed by atoms with E-state index >= 15 is 0 Å². The molecule has 0 amide bonds. The van der Waals surface area contributed by atoms with Crippen molar-refractivity contribution in [3.05, 3.63) is 11.6 Å². The third kappa shape index (κ3) is 11.6. The number of ether oxygens (including phenoxy) is 10. The normalized spacial score (nSPS) is 50.0. The summed E-state index contributed by atoms with van der Waals surface area (Å²) in [4.78, 5) is 14.5. The van der Waals surface area contributed by atoms with Crippen molar-refractivity contribution in [1.29, 1.82) is 0 Å². The molecule has 28 unspecified atom stereocenters. The molecule has 29 nitrogen and oxygen atoms in total. The highest BCUT2D eigenvalue weighted by Gasteiger charge is 2.86. The molecule has 490 valence electrons. The smallest absolute Gasteiger partial charge is 0.397 e. The summed E-state index contributed by atoms with van der Waals surface area (Å²) >= 11 is 0. The minimum Gasteiger partial charge on any atom is -0.456 e. The van der Waals surface area contributed by atoms with E-state index in [0.29, 0.717) is 38.0 Å². The molecule has 5 aliphatic heterocycles. The van der Waals surface area contributed by atoms with Crippen LogP contribution in [0.5, 0.6) is 0 Å². The average molecular weight is 1270 g/mol. The number of carbonyl (C=O) groups is 1. The van der Waals surface area contributed by atoms with E-state index in [1.807, 2.05) is 20.8 Å². The molecule has 28 atom stereocenters. The van der Waals surface area contributed by atoms with Crippen molar-refractivity contribution in [3.63, 3.8) is 0 Å². The van der Waals surface area contributed by atoms with Crippen LogP contribution in [0.2, 0.25) is 0 Å². The predicted octanol–water partition coefficient (Wildman–Crippen LogP) is -1.57. The quantitative estimate of drug-likeness (QED) is 0.0395. The van der Waals surface area contributed by atoms with Crippen LogP contribution in [0.15, 0.2) is 11.6 Å². The molecule has 0 bridgehead atoms. The second-order valence-electron chi connectivity index (χ2n) is 26.5. The highest BCUT2D eigenvalue weighted by atomic mass is 32.3. The SMILES string of the molecule is COC1C(O)C(CO)OC(OC2C(O)C(COS(=O)(=O)O)OC(OC3C(C)OC(OC4C(OC5CCC6(C)C7CC(O)C89C(=O)OC(C)(CCCC(C)C)C8(O)CCC9(C)C7=CCC6C5(C)C)OCC(OS(=O)(=O)O)C4O)C(O)C3O)C2O)C1O. The van der Waals surface area contributed by atoms with Crippen molar-refractivity contribution in [1.82, 2.24) is 0 Å². The van der Waals surface area contributed by atoms with E-state index in [1.54, 1.807) is 6.92 Å². The van der Waals surface area contributed by atoms with Crippen LogP contribution in [0, 0.1) is 39.4 Å². The number of aliphatic hydroxyl groups excluding tert-OH is 9. The second-order valence-corrected chi connectivity index (χ2v) is 28.7. The van der Waals surface area contributed by atoms with E-state index in [2.05, 4.69) is 31.0 Å². The van der Waals surface area contributed by atoms with E-state index < -0.39 is 208 Å². The van der Waals surface area contributed by atoms with E-state index in [9.17, 15) is 81.8 Å². The molecule has 3 saturated carbocycles. The largest absolute Gasteiger partial charge is 0.456 e. The first-order valence-corrected chi connectivity index (χ1v) is 31.9. The Bertz CT molecular complexity index is 2650. The summed E-state index contributed by atoms with van der Waals surface area (Å²) in [7, 11) is -9.29. The lowest BCUT2D eigenvalue weighted by atomic mass is 9.39. The monoisotopic (exact) mass is 1260 g/mol. The van der Waals surface area contributed by atoms with Gasteiger partial charge in [0.05, 0.1) is 38.1 Å². The Morgan fingerprint density at radius 2 is 1.33 bits per heavy atom. The van der Waals surface area contributed by atoms with Gasteiger partial charge < -0.3 is 98.4 Å². The maximum Gasteiger partial charge on any atom is 0.397 e. The third-order valence-corrected chi connectivity index (χ3v) is 21.9. The third-order valence-electron chi connectivity index (χ3n) is 21.0. The lowest BCUT2D eigenvalue weighted by molar-refractivity contribution is -0.389. The topological polar surface area (TPSA) is 439 Å². The number of hydrogen-bond donors (Lipinski definition) is 12. The number of cyclic esters (lactones) is 1. The Labute approximate surface area is 493 Å². The lowest BCUT2D eigenvalue weighted by Crippen LogP contribution is -2.68. The van der Waals surface area contributed by atoms with E-state index in [1.165, 1.54) is 6.92 Å². The van der Waals surface area contributed by atoms with E-state index in [0.717, 1.165) is 25.5 Å². The second kappa shape index (κ2) is 24.3. The van der Waals surface area contributed by atoms with E-state index in [4.69, 9.17) is 51.6 Å². The number of esters is 1. The van der Waals surface area contributed by atoms with Gasteiger partial charge in [0, 0.05) is 12.5 Å². The molecular weight excluding hydrogens is 1180 g/mol. The summed E-state index contributed by atoms with van der Waals surface area (Å²) in [5.74, 6) is -0.552. The molecular formula is C54H88O29S2. The van der Waals surface area contributed by atoms with Crippen molar-refractivity contribution in [2.75, 3.05) is 26.9 Å². The average Bonchev–Trinajstić information content (AvgIpc) is 1.51. The molecule has 5 saturated heterocycles. The van der Waals surface area contributed by atoms with Gasteiger partial charge >= 0.3 is 26.8 Å². The summed E-state index contributed by atoms with van der Waals surface area (Å²) in [6, 6.07) is 0. The molecule has 5 heterocycles. The minimum atomic E-state index is -5.23. The van der Waals surface area contributed by atoms with Gasteiger partial charge in [-0.3, -0.25) is 13.9 Å². The maximum atomic E-state index is 14.5. The van der Waals surface area contributed by atoms with Crippen LogP contribution in [0.1, 0.15) is 113 Å². The number of hydrogen-bond acceptors (Lipinski definition) is 27. The van der Waals surface area contributed by atoms with Gasteiger partial charge in [-0.05, 0) is 93.8 Å². The number of fused-ring (bicyclic) bond motifs is 4. The zero-order valence-corrected chi connectivity index (χ0v) is 50.7. The molecule has 31 heteroatoms. The molecule has 8 fully saturated rings. The summed E-state index contributed by atoms with van der Waals surface area (Å²) < 4.78 is 135. The number of allylic oxidation sites excluding steroid dienone is 2.